The van der Waals surface area contributed by atoms with Crippen molar-refractivity contribution in [3.8, 4) is 0 Å². The van der Waals surface area contributed by atoms with Crippen molar-refractivity contribution in [3.63, 3.8) is 0 Å². The van der Waals surface area contributed by atoms with Crippen molar-refractivity contribution >= 4 is 29.4 Å². The zero-order valence-electron chi connectivity index (χ0n) is 14.3. The summed E-state index contributed by atoms with van der Waals surface area (Å²) in [4.78, 5) is 43.6. The number of hydroxylamine groups is 2. The van der Waals surface area contributed by atoms with E-state index in [1.807, 2.05) is 0 Å². The van der Waals surface area contributed by atoms with Crippen molar-refractivity contribution in [1.82, 2.24) is 5.06 Å². The molecule has 138 valence electrons. The number of hydrogen-bond acceptors (Lipinski definition) is 5. The van der Waals surface area contributed by atoms with Crippen LogP contribution in [0.4, 0.5) is 0 Å². The van der Waals surface area contributed by atoms with Crippen molar-refractivity contribution in [2.24, 2.45) is 0 Å². The number of hydrogen-bond donors (Lipinski definition) is 0. The Morgan fingerprint density at radius 3 is 2.11 bits per heavy atom. The first-order valence-corrected chi connectivity index (χ1v) is 8.95. The number of imide groups is 1. The van der Waals surface area contributed by atoms with Crippen molar-refractivity contribution in [2.45, 2.75) is 18.3 Å². The van der Waals surface area contributed by atoms with Crippen LogP contribution in [-0.2, 0) is 19.8 Å². The predicted molar refractivity (Wildman–Crippen MR) is 96.2 cm³/mol. The summed E-state index contributed by atoms with van der Waals surface area (Å²) in [5.74, 6) is -1.98. The number of amides is 2. The third kappa shape index (κ3) is 2.81. The summed E-state index contributed by atoms with van der Waals surface area (Å²) < 4.78 is 5.40. The van der Waals surface area contributed by atoms with Crippen LogP contribution in [0.3, 0.4) is 0 Å². The fraction of sp³-hybridized carbons (Fsp3) is 0.250. The molecule has 0 N–H and O–H groups in total. The van der Waals surface area contributed by atoms with E-state index in [9.17, 15) is 14.4 Å². The van der Waals surface area contributed by atoms with Gasteiger partial charge in [-0.1, -0.05) is 47.0 Å². The number of nitrogens with zero attached hydrogens (tertiary/aromatic N) is 1. The predicted octanol–water partition coefficient (Wildman–Crippen LogP) is 3.14. The molecule has 0 radical (unpaired) electrons. The number of rotatable bonds is 3. The first-order chi connectivity index (χ1) is 13.0. The van der Waals surface area contributed by atoms with Crippen LogP contribution < -0.4 is 0 Å². The molecule has 2 aliphatic heterocycles. The lowest BCUT2D eigenvalue weighted by atomic mass is 9.74. The van der Waals surface area contributed by atoms with E-state index in [2.05, 4.69) is 0 Å². The lowest BCUT2D eigenvalue weighted by Gasteiger charge is -2.36. The molecule has 0 bridgehead atoms. The van der Waals surface area contributed by atoms with Gasteiger partial charge in [-0.05, 0) is 36.6 Å². The Bertz CT molecular complexity index is 900. The molecule has 0 aliphatic carbocycles. The molecule has 2 amide bonds. The number of fused-ring (bicyclic) bond motifs is 1. The van der Waals surface area contributed by atoms with Crippen molar-refractivity contribution < 1.29 is 24.0 Å². The quantitative estimate of drug-likeness (QED) is 0.759. The summed E-state index contributed by atoms with van der Waals surface area (Å²) in [5, 5.41) is 0.972. The molecule has 2 aromatic rings. The summed E-state index contributed by atoms with van der Waals surface area (Å²) in [6.45, 7) is 0.699. The molecule has 2 aliphatic rings. The van der Waals surface area contributed by atoms with Gasteiger partial charge in [0, 0.05) is 18.2 Å². The maximum Gasteiger partial charge on any atom is 0.343 e. The second kappa shape index (κ2) is 6.79. The van der Waals surface area contributed by atoms with Gasteiger partial charge in [-0.3, -0.25) is 9.59 Å². The fourth-order valence-corrected chi connectivity index (χ4v) is 3.89. The zero-order valence-corrected chi connectivity index (χ0v) is 15.1. The van der Waals surface area contributed by atoms with E-state index in [1.54, 1.807) is 36.4 Å². The monoisotopic (exact) mass is 385 g/mol. The fourth-order valence-electron chi connectivity index (χ4n) is 3.57. The second-order valence-corrected chi connectivity index (χ2v) is 6.91. The Balaban J connectivity index is 1.67. The number of carbonyl (C=O) groups is 3. The van der Waals surface area contributed by atoms with Crippen LogP contribution in [0, 0.1) is 0 Å². The molecule has 2 heterocycles. The van der Waals surface area contributed by atoms with Gasteiger partial charge >= 0.3 is 5.97 Å². The summed E-state index contributed by atoms with van der Waals surface area (Å²) >= 11 is 6.34. The van der Waals surface area contributed by atoms with E-state index in [0.717, 1.165) is 0 Å². The van der Waals surface area contributed by atoms with Crippen LogP contribution in [0.15, 0.2) is 48.5 Å². The van der Waals surface area contributed by atoms with E-state index in [1.165, 1.54) is 12.1 Å². The van der Waals surface area contributed by atoms with Gasteiger partial charge in [-0.25, -0.2) is 4.79 Å². The molecule has 4 rings (SSSR count). The summed E-state index contributed by atoms with van der Waals surface area (Å²) in [5.41, 5.74) is -0.0360. The minimum atomic E-state index is -1.08. The van der Waals surface area contributed by atoms with Crippen molar-refractivity contribution in [3.05, 3.63) is 70.2 Å². The Morgan fingerprint density at radius 1 is 0.963 bits per heavy atom. The van der Waals surface area contributed by atoms with Crippen LogP contribution >= 0.6 is 11.6 Å². The smallest absolute Gasteiger partial charge is 0.343 e. The van der Waals surface area contributed by atoms with Crippen LogP contribution in [0.25, 0.3) is 0 Å². The summed E-state index contributed by atoms with van der Waals surface area (Å²) in [6, 6.07) is 13.4. The third-order valence-electron chi connectivity index (χ3n) is 5.06. The van der Waals surface area contributed by atoms with Gasteiger partial charge in [0.2, 0.25) is 0 Å². The molecule has 0 spiro atoms. The minimum Gasteiger partial charge on any atom is -0.381 e. The molecule has 7 heteroatoms. The van der Waals surface area contributed by atoms with E-state index >= 15 is 0 Å². The number of benzene rings is 2. The van der Waals surface area contributed by atoms with Gasteiger partial charge in [0.05, 0.1) is 11.1 Å². The van der Waals surface area contributed by atoms with Crippen LogP contribution in [0.2, 0.25) is 5.02 Å². The highest BCUT2D eigenvalue weighted by Crippen LogP contribution is 2.40. The van der Waals surface area contributed by atoms with Gasteiger partial charge in [-0.15, -0.1) is 0 Å². The van der Waals surface area contributed by atoms with Gasteiger partial charge < -0.3 is 9.57 Å². The lowest BCUT2D eigenvalue weighted by Crippen LogP contribution is -2.46. The molecule has 1 fully saturated rings. The van der Waals surface area contributed by atoms with E-state index in [4.69, 9.17) is 21.2 Å². The number of ether oxygens (including phenoxy) is 1. The summed E-state index contributed by atoms with van der Waals surface area (Å²) in [7, 11) is 0. The van der Waals surface area contributed by atoms with Gasteiger partial charge in [0.25, 0.3) is 11.8 Å². The first kappa shape index (κ1) is 17.7. The van der Waals surface area contributed by atoms with Crippen LogP contribution in [0.5, 0.6) is 0 Å². The Kier molecular flexibility index (Phi) is 4.45. The Hall–Kier alpha value is -2.70. The highest BCUT2D eigenvalue weighted by molar-refractivity contribution is 6.31. The van der Waals surface area contributed by atoms with Crippen LogP contribution in [0.1, 0.15) is 39.1 Å². The SMILES string of the molecule is O=C1c2ccccc2C(=O)N1OC(=O)C1(c2ccccc2Cl)CCOCC1. The maximum absolute atomic E-state index is 13.2. The lowest BCUT2D eigenvalue weighted by molar-refractivity contribution is -0.179. The maximum atomic E-state index is 13.2. The minimum absolute atomic E-state index is 0.217. The van der Waals surface area contributed by atoms with Gasteiger partial charge in [0.15, 0.2) is 0 Å². The number of halogens is 1. The molecule has 6 nitrogen and oxygen atoms in total. The molecule has 2 aromatic carbocycles. The molecule has 0 atom stereocenters. The Labute approximate surface area is 160 Å². The molecule has 0 aromatic heterocycles. The van der Waals surface area contributed by atoms with Gasteiger partial charge in [-0.2, -0.15) is 0 Å². The zero-order chi connectivity index (χ0) is 19.0. The highest BCUT2D eigenvalue weighted by Gasteiger charge is 2.48. The molecule has 0 saturated carbocycles. The van der Waals surface area contributed by atoms with Crippen molar-refractivity contribution in [2.75, 3.05) is 13.2 Å². The molecular weight excluding hydrogens is 370 g/mol. The molecular formula is C20H16ClNO5. The normalized spacial score (nSPS) is 18.3. The van der Waals surface area contributed by atoms with Crippen molar-refractivity contribution in [1.29, 1.82) is 0 Å². The first-order valence-electron chi connectivity index (χ1n) is 8.57. The third-order valence-corrected chi connectivity index (χ3v) is 5.39. The second-order valence-electron chi connectivity index (χ2n) is 6.50. The van der Waals surface area contributed by atoms with E-state index < -0.39 is 23.2 Å². The number of carbonyl (C=O) groups excluding carboxylic acids is 3. The largest absolute Gasteiger partial charge is 0.381 e. The Morgan fingerprint density at radius 2 is 1.52 bits per heavy atom. The van der Waals surface area contributed by atoms with E-state index in [-0.39, 0.29) is 11.1 Å². The molecule has 0 unspecified atom stereocenters. The van der Waals surface area contributed by atoms with Gasteiger partial charge in [0.1, 0.15) is 5.41 Å². The molecule has 1 saturated heterocycles. The summed E-state index contributed by atoms with van der Waals surface area (Å²) in [6.07, 6.45) is 0.692. The van der Waals surface area contributed by atoms with E-state index in [0.29, 0.717) is 41.7 Å². The standard InChI is InChI=1S/C20H16ClNO5/c21-16-8-4-3-7-15(16)20(9-11-26-12-10-20)19(25)27-22-17(23)13-5-1-2-6-14(13)18(22)24/h1-8H,9-12H2. The average Bonchev–Trinajstić information content (AvgIpc) is 2.94. The van der Waals surface area contributed by atoms with Crippen LogP contribution in [-0.4, -0.2) is 36.1 Å². The average molecular weight is 386 g/mol. The topological polar surface area (TPSA) is 72.9 Å². The highest BCUT2D eigenvalue weighted by atomic mass is 35.5. The molecule has 27 heavy (non-hydrogen) atoms.